The van der Waals surface area contributed by atoms with Gasteiger partial charge < -0.3 is 14.0 Å². The lowest BCUT2D eigenvalue weighted by Gasteiger charge is -2.25. The fraction of sp³-hybridized carbons (Fsp3) is 0.368. The molecule has 6 heteroatoms. The van der Waals surface area contributed by atoms with Crippen LogP contribution in [0.4, 0.5) is 0 Å². The minimum atomic E-state index is -3.22. The molecule has 0 radical (unpaired) electrons. The van der Waals surface area contributed by atoms with Crippen LogP contribution in [0.1, 0.15) is 31.1 Å². The number of methoxy groups -OCH3 is 2. The van der Waals surface area contributed by atoms with Crippen molar-refractivity contribution in [2.75, 3.05) is 27.0 Å². The van der Waals surface area contributed by atoms with Gasteiger partial charge in [-0.05, 0) is 42.3 Å². The number of hydrogen-bond acceptors (Lipinski definition) is 5. The van der Waals surface area contributed by atoms with E-state index in [1.807, 2.05) is 48.5 Å². The Morgan fingerprint density at radius 3 is 1.84 bits per heavy atom. The molecule has 0 aliphatic carbocycles. The topological polar surface area (TPSA) is 54.0 Å². The van der Waals surface area contributed by atoms with E-state index in [0.717, 1.165) is 11.1 Å². The van der Waals surface area contributed by atoms with Gasteiger partial charge in [-0.25, -0.2) is 0 Å². The zero-order chi connectivity index (χ0) is 18.3. The summed E-state index contributed by atoms with van der Waals surface area (Å²) in [6.45, 7) is 3.93. The van der Waals surface area contributed by atoms with Crippen molar-refractivity contribution in [1.82, 2.24) is 0 Å². The first-order chi connectivity index (χ1) is 12.0. The van der Waals surface area contributed by atoms with Crippen LogP contribution in [-0.2, 0) is 13.6 Å². The Balaban J connectivity index is 2.48. The van der Waals surface area contributed by atoms with E-state index < -0.39 is 13.7 Å². The van der Waals surface area contributed by atoms with Gasteiger partial charge in [0.2, 0.25) is 0 Å². The molecule has 2 aromatic rings. The largest absolute Gasteiger partial charge is 0.497 e. The average molecular weight is 364 g/mol. The van der Waals surface area contributed by atoms with Gasteiger partial charge in [-0.15, -0.1) is 0 Å². The van der Waals surface area contributed by atoms with Crippen molar-refractivity contribution in [2.45, 2.75) is 20.0 Å². The monoisotopic (exact) mass is 364 g/mol. The van der Waals surface area contributed by atoms with Crippen LogP contribution in [-0.4, -0.2) is 27.0 Å². The van der Waals surface area contributed by atoms with Crippen molar-refractivity contribution in [3.63, 3.8) is 0 Å². The standard InChI is InChI=1S/C19H25O5P/c1-5-23-25(20,6-2)24-19(15-9-7-11-17(13-15)21-3)16-10-8-12-18(14-16)22-4/h7-14,19H,5-6H2,1-4H3. The lowest BCUT2D eigenvalue weighted by Crippen LogP contribution is -2.08. The molecule has 136 valence electrons. The first-order valence-corrected chi connectivity index (χ1v) is 9.98. The lowest BCUT2D eigenvalue weighted by molar-refractivity contribution is 0.175. The molecule has 0 aliphatic heterocycles. The molecule has 0 saturated carbocycles. The van der Waals surface area contributed by atoms with Crippen LogP contribution < -0.4 is 9.47 Å². The van der Waals surface area contributed by atoms with E-state index in [-0.39, 0.29) is 0 Å². The minimum absolute atomic E-state index is 0.297. The van der Waals surface area contributed by atoms with E-state index in [9.17, 15) is 4.57 Å². The summed E-state index contributed by atoms with van der Waals surface area (Å²) in [4.78, 5) is 0. The highest BCUT2D eigenvalue weighted by Gasteiger charge is 2.29. The SMILES string of the molecule is CCOP(=O)(CC)OC(c1cccc(OC)c1)c1cccc(OC)c1. The van der Waals surface area contributed by atoms with Gasteiger partial charge in [-0.2, -0.15) is 0 Å². The Hall–Kier alpha value is -1.81. The molecule has 0 fully saturated rings. The summed E-state index contributed by atoms with van der Waals surface area (Å²) in [5.74, 6) is 1.41. The zero-order valence-electron chi connectivity index (χ0n) is 15.1. The molecule has 0 amide bonds. The molecule has 0 aromatic heterocycles. The highest BCUT2D eigenvalue weighted by atomic mass is 31.2. The van der Waals surface area contributed by atoms with Crippen molar-refractivity contribution in [3.05, 3.63) is 59.7 Å². The fourth-order valence-electron chi connectivity index (χ4n) is 2.48. The van der Waals surface area contributed by atoms with Gasteiger partial charge in [0, 0.05) is 6.16 Å². The number of ether oxygens (including phenoxy) is 2. The maximum atomic E-state index is 12.9. The average Bonchev–Trinajstić information content (AvgIpc) is 2.66. The summed E-state index contributed by atoms with van der Waals surface area (Å²) >= 11 is 0. The Morgan fingerprint density at radius 2 is 1.44 bits per heavy atom. The normalized spacial score (nSPS) is 13.5. The maximum absolute atomic E-state index is 12.9. The quantitative estimate of drug-likeness (QED) is 0.582. The number of hydrogen-bond donors (Lipinski definition) is 0. The summed E-state index contributed by atoms with van der Waals surface area (Å²) in [6.07, 6.45) is -0.256. The molecule has 0 aliphatic rings. The van der Waals surface area contributed by atoms with Gasteiger partial charge in [0.15, 0.2) is 0 Å². The number of rotatable bonds is 9. The van der Waals surface area contributed by atoms with Crippen LogP contribution in [0.15, 0.2) is 48.5 Å². The Kier molecular flexibility index (Phi) is 7.06. The molecule has 25 heavy (non-hydrogen) atoms. The van der Waals surface area contributed by atoms with Crippen molar-refractivity contribution >= 4 is 7.60 Å². The van der Waals surface area contributed by atoms with Gasteiger partial charge in [-0.1, -0.05) is 31.2 Å². The van der Waals surface area contributed by atoms with Crippen molar-refractivity contribution in [3.8, 4) is 11.5 Å². The molecule has 2 aromatic carbocycles. The van der Waals surface area contributed by atoms with E-state index in [2.05, 4.69) is 0 Å². The molecule has 2 rings (SSSR count). The maximum Gasteiger partial charge on any atom is 0.331 e. The van der Waals surface area contributed by atoms with E-state index in [1.165, 1.54) is 0 Å². The van der Waals surface area contributed by atoms with Crippen LogP contribution in [0.25, 0.3) is 0 Å². The van der Waals surface area contributed by atoms with E-state index in [4.69, 9.17) is 18.5 Å². The summed E-state index contributed by atoms with van der Waals surface area (Å²) in [5.41, 5.74) is 1.67. The van der Waals surface area contributed by atoms with Crippen LogP contribution in [0.3, 0.4) is 0 Å². The zero-order valence-corrected chi connectivity index (χ0v) is 16.0. The van der Waals surface area contributed by atoms with Crippen LogP contribution in [0, 0.1) is 0 Å². The fourth-order valence-corrected chi connectivity index (χ4v) is 3.83. The van der Waals surface area contributed by atoms with Gasteiger partial charge in [0.1, 0.15) is 17.6 Å². The summed E-state index contributed by atoms with van der Waals surface area (Å²) in [5, 5.41) is 0. The first-order valence-electron chi connectivity index (χ1n) is 8.25. The Bertz CT molecular complexity index is 684. The van der Waals surface area contributed by atoms with Gasteiger partial charge >= 0.3 is 7.60 Å². The summed E-state index contributed by atoms with van der Waals surface area (Å²) < 4.78 is 35.0. The lowest BCUT2D eigenvalue weighted by atomic mass is 10.0. The van der Waals surface area contributed by atoms with Crippen molar-refractivity contribution < 1.29 is 23.1 Å². The highest BCUT2D eigenvalue weighted by molar-refractivity contribution is 7.53. The molecule has 0 N–H and O–H groups in total. The van der Waals surface area contributed by atoms with E-state index in [1.54, 1.807) is 28.1 Å². The second kappa shape index (κ2) is 9.04. The summed E-state index contributed by atoms with van der Waals surface area (Å²) in [7, 11) is 0.00150. The third-order valence-electron chi connectivity index (χ3n) is 3.77. The molecule has 0 spiro atoms. The predicted octanol–water partition coefficient (Wildman–Crippen LogP) is 5.06. The third-order valence-corrected chi connectivity index (χ3v) is 5.73. The number of benzene rings is 2. The molecular weight excluding hydrogens is 339 g/mol. The van der Waals surface area contributed by atoms with Crippen LogP contribution >= 0.6 is 7.60 Å². The predicted molar refractivity (Wildman–Crippen MR) is 98.7 cm³/mol. The molecule has 0 heterocycles. The van der Waals surface area contributed by atoms with Gasteiger partial charge in [0.25, 0.3) is 0 Å². The second-order valence-corrected chi connectivity index (χ2v) is 7.71. The highest BCUT2D eigenvalue weighted by Crippen LogP contribution is 2.53. The van der Waals surface area contributed by atoms with Gasteiger partial charge in [0.05, 0.1) is 20.8 Å². The molecule has 1 unspecified atom stereocenters. The summed E-state index contributed by atoms with van der Waals surface area (Å²) in [6, 6.07) is 15.0. The van der Waals surface area contributed by atoms with E-state index >= 15 is 0 Å². The van der Waals surface area contributed by atoms with Gasteiger partial charge in [-0.3, -0.25) is 9.09 Å². The molecular formula is C19H25O5P. The molecule has 5 nitrogen and oxygen atoms in total. The van der Waals surface area contributed by atoms with Crippen LogP contribution in [0.2, 0.25) is 0 Å². The molecule has 0 bridgehead atoms. The molecule has 0 saturated heterocycles. The third kappa shape index (κ3) is 5.08. The van der Waals surface area contributed by atoms with E-state index in [0.29, 0.717) is 24.3 Å². The van der Waals surface area contributed by atoms with Crippen LogP contribution in [0.5, 0.6) is 11.5 Å². The van der Waals surface area contributed by atoms with Crippen molar-refractivity contribution in [2.24, 2.45) is 0 Å². The smallest absolute Gasteiger partial charge is 0.331 e. The Morgan fingerprint density at radius 1 is 0.920 bits per heavy atom. The Labute approximate surface area is 149 Å². The first kappa shape index (κ1) is 19.5. The molecule has 1 atom stereocenters. The minimum Gasteiger partial charge on any atom is -0.497 e. The second-order valence-electron chi connectivity index (χ2n) is 5.38. The van der Waals surface area contributed by atoms with Crippen molar-refractivity contribution in [1.29, 1.82) is 0 Å².